The Morgan fingerprint density at radius 3 is 2.88 bits per heavy atom. The van der Waals surface area contributed by atoms with Crippen molar-refractivity contribution in [2.45, 2.75) is 6.04 Å². The number of benzene rings is 1. The molecule has 0 aliphatic carbocycles. The van der Waals surface area contributed by atoms with Crippen molar-refractivity contribution in [2.75, 3.05) is 31.2 Å². The number of amides is 1. The van der Waals surface area contributed by atoms with Crippen LogP contribution >= 0.6 is 35.5 Å². The molecule has 1 unspecified atom stereocenters. The number of thioether (sulfide) groups is 1. The van der Waals surface area contributed by atoms with Crippen molar-refractivity contribution in [1.29, 1.82) is 0 Å². The standard InChI is InChI=1S/C15H17N3O3S2.ClH/c1-20-9-3-4-13(21-2)10(5-9)11-7-23-15(17-11)18-14(19)12-6-22-8-16-12;/h3-5,7,12,16H,6,8H2,1-2H3,(H,17,18,19);1H. The molecule has 130 valence electrons. The van der Waals surface area contributed by atoms with Gasteiger partial charge in [0, 0.05) is 22.6 Å². The first kappa shape index (κ1) is 18.9. The Bertz CT molecular complexity index is 705. The van der Waals surface area contributed by atoms with Gasteiger partial charge in [-0.2, -0.15) is 0 Å². The highest BCUT2D eigenvalue weighted by molar-refractivity contribution is 7.99. The number of nitrogens with one attached hydrogen (secondary N) is 2. The van der Waals surface area contributed by atoms with Gasteiger partial charge >= 0.3 is 0 Å². The third-order valence-electron chi connectivity index (χ3n) is 3.45. The maximum absolute atomic E-state index is 12.1. The molecule has 0 radical (unpaired) electrons. The van der Waals surface area contributed by atoms with Crippen LogP contribution in [0.5, 0.6) is 11.5 Å². The van der Waals surface area contributed by atoms with Gasteiger partial charge in [0.25, 0.3) is 0 Å². The van der Waals surface area contributed by atoms with Gasteiger partial charge in [-0.05, 0) is 18.2 Å². The van der Waals surface area contributed by atoms with E-state index in [4.69, 9.17) is 9.47 Å². The van der Waals surface area contributed by atoms with Gasteiger partial charge in [-0.3, -0.25) is 10.1 Å². The highest BCUT2D eigenvalue weighted by atomic mass is 35.5. The SMILES string of the molecule is COc1ccc(OC)c(-c2csc(NC(=O)C3CSCN3)n2)c1.Cl. The summed E-state index contributed by atoms with van der Waals surface area (Å²) in [6, 6.07) is 5.39. The van der Waals surface area contributed by atoms with Gasteiger partial charge in [0.05, 0.1) is 26.0 Å². The number of hydrogen-bond acceptors (Lipinski definition) is 7. The zero-order chi connectivity index (χ0) is 16.2. The highest BCUT2D eigenvalue weighted by Gasteiger charge is 2.23. The van der Waals surface area contributed by atoms with Crippen LogP contribution < -0.4 is 20.1 Å². The Morgan fingerprint density at radius 2 is 2.21 bits per heavy atom. The average molecular weight is 388 g/mol. The van der Waals surface area contributed by atoms with E-state index in [9.17, 15) is 4.79 Å². The fraction of sp³-hybridized carbons (Fsp3) is 0.333. The average Bonchev–Trinajstić information content (AvgIpc) is 3.26. The van der Waals surface area contributed by atoms with E-state index in [2.05, 4.69) is 15.6 Å². The van der Waals surface area contributed by atoms with E-state index in [0.29, 0.717) is 10.9 Å². The molecular weight excluding hydrogens is 370 g/mol. The summed E-state index contributed by atoms with van der Waals surface area (Å²) in [7, 11) is 3.23. The molecule has 1 aromatic heterocycles. The van der Waals surface area contributed by atoms with E-state index in [0.717, 1.165) is 28.6 Å². The summed E-state index contributed by atoms with van der Waals surface area (Å²) in [5, 5.41) is 8.47. The Kier molecular flexibility index (Phi) is 6.73. The molecule has 24 heavy (non-hydrogen) atoms. The molecule has 9 heteroatoms. The topological polar surface area (TPSA) is 72.5 Å². The molecule has 2 N–H and O–H groups in total. The second-order valence-electron chi connectivity index (χ2n) is 4.87. The lowest BCUT2D eigenvalue weighted by Gasteiger charge is -2.09. The first-order valence-corrected chi connectivity index (χ1v) is 9.04. The number of nitrogens with zero attached hydrogens (tertiary/aromatic N) is 1. The quantitative estimate of drug-likeness (QED) is 0.821. The molecule has 0 saturated carbocycles. The summed E-state index contributed by atoms with van der Waals surface area (Å²) >= 11 is 3.10. The van der Waals surface area contributed by atoms with Crippen LogP contribution in [-0.2, 0) is 4.79 Å². The number of rotatable bonds is 5. The summed E-state index contributed by atoms with van der Waals surface area (Å²) in [6.07, 6.45) is 0. The van der Waals surface area contributed by atoms with E-state index in [1.807, 2.05) is 23.6 Å². The lowest BCUT2D eigenvalue weighted by atomic mass is 10.1. The second kappa shape index (κ2) is 8.57. The molecule has 1 atom stereocenters. The van der Waals surface area contributed by atoms with Crippen molar-refractivity contribution >= 4 is 46.5 Å². The first-order chi connectivity index (χ1) is 11.2. The Balaban J connectivity index is 0.00000208. The largest absolute Gasteiger partial charge is 0.497 e. The summed E-state index contributed by atoms with van der Waals surface area (Å²) < 4.78 is 10.6. The van der Waals surface area contributed by atoms with Crippen LogP contribution in [-0.4, -0.2) is 42.8 Å². The first-order valence-electron chi connectivity index (χ1n) is 7.01. The predicted molar refractivity (Wildman–Crippen MR) is 101 cm³/mol. The van der Waals surface area contributed by atoms with Crippen LogP contribution in [0.2, 0.25) is 0 Å². The molecule has 2 heterocycles. The third-order valence-corrected chi connectivity index (χ3v) is 5.15. The van der Waals surface area contributed by atoms with Crippen LogP contribution in [0, 0.1) is 0 Å². The smallest absolute Gasteiger partial charge is 0.244 e. The van der Waals surface area contributed by atoms with Gasteiger partial charge in [0.15, 0.2) is 5.13 Å². The van der Waals surface area contributed by atoms with Crippen molar-refractivity contribution < 1.29 is 14.3 Å². The monoisotopic (exact) mass is 387 g/mol. The number of ether oxygens (including phenoxy) is 2. The van der Waals surface area contributed by atoms with Gasteiger partial charge in [-0.1, -0.05) is 0 Å². The van der Waals surface area contributed by atoms with Crippen LogP contribution in [0.15, 0.2) is 23.6 Å². The number of carbonyl (C=O) groups is 1. The number of hydrogen-bond donors (Lipinski definition) is 2. The number of methoxy groups -OCH3 is 2. The molecule has 1 aliphatic rings. The van der Waals surface area contributed by atoms with Gasteiger partial charge in [0.2, 0.25) is 5.91 Å². The molecule has 1 aliphatic heterocycles. The van der Waals surface area contributed by atoms with Gasteiger partial charge < -0.3 is 14.8 Å². The normalized spacial score (nSPS) is 16.3. The maximum Gasteiger partial charge on any atom is 0.244 e. The number of anilines is 1. The Labute approximate surface area is 154 Å². The van der Waals surface area contributed by atoms with E-state index >= 15 is 0 Å². The van der Waals surface area contributed by atoms with Gasteiger partial charge in [-0.25, -0.2) is 4.98 Å². The summed E-state index contributed by atoms with van der Waals surface area (Å²) in [6.45, 7) is 0. The van der Waals surface area contributed by atoms with Crippen molar-refractivity contribution in [2.24, 2.45) is 0 Å². The molecule has 6 nitrogen and oxygen atoms in total. The zero-order valence-electron chi connectivity index (χ0n) is 13.2. The van der Waals surface area contributed by atoms with E-state index in [-0.39, 0.29) is 24.4 Å². The number of aromatic nitrogens is 1. The van der Waals surface area contributed by atoms with Crippen molar-refractivity contribution in [3.63, 3.8) is 0 Å². The molecular formula is C15H18ClN3O3S2. The predicted octanol–water partition coefficient (Wildman–Crippen LogP) is 2.85. The van der Waals surface area contributed by atoms with Gasteiger partial charge in [-0.15, -0.1) is 35.5 Å². The molecule has 1 saturated heterocycles. The van der Waals surface area contributed by atoms with Crippen molar-refractivity contribution in [1.82, 2.24) is 10.3 Å². The minimum absolute atomic E-state index is 0. The molecule has 2 aromatic rings. The fourth-order valence-corrected chi connectivity index (χ4v) is 3.88. The van der Waals surface area contributed by atoms with Gasteiger partial charge in [0.1, 0.15) is 11.5 Å². The van der Waals surface area contributed by atoms with Crippen LogP contribution in [0.1, 0.15) is 0 Å². The van der Waals surface area contributed by atoms with Crippen molar-refractivity contribution in [3.8, 4) is 22.8 Å². The molecule has 3 rings (SSSR count). The fourth-order valence-electron chi connectivity index (χ4n) is 2.23. The minimum Gasteiger partial charge on any atom is -0.497 e. The Hall–Kier alpha value is -1.48. The minimum atomic E-state index is -0.154. The molecule has 0 spiro atoms. The summed E-state index contributed by atoms with van der Waals surface area (Å²) in [4.78, 5) is 16.6. The van der Waals surface area contributed by atoms with E-state index < -0.39 is 0 Å². The van der Waals surface area contributed by atoms with Crippen molar-refractivity contribution in [3.05, 3.63) is 23.6 Å². The third kappa shape index (κ3) is 4.13. The highest BCUT2D eigenvalue weighted by Crippen LogP contribution is 2.35. The van der Waals surface area contributed by atoms with E-state index in [1.54, 1.807) is 26.0 Å². The van der Waals surface area contributed by atoms with Crippen LogP contribution in [0.4, 0.5) is 5.13 Å². The Morgan fingerprint density at radius 1 is 1.38 bits per heavy atom. The summed E-state index contributed by atoms with van der Waals surface area (Å²) in [5.74, 6) is 2.98. The van der Waals surface area contributed by atoms with Crippen LogP contribution in [0.3, 0.4) is 0 Å². The van der Waals surface area contributed by atoms with E-state index in [1.165, 1.54) is 11.3 Å². The molecule has 1 amide bonds. The number of thiazole rings is 1. The molecule has 0 bridgehead atoms. The summed E-state index contributed by atoms with van der Waals surface area (Å²) in [5.41, 5.74) is 1.58. The number of halogens is 1. The second-order valence-corrected chi connectivity index (χ2v) is 6.75. The lowest BCUT2D eigenvalue weighted by molar-refractivity contribution is -0.117. The zero-order valence-corrected chi connectivity index (χ0v) is 15.6. The number of carbonyl (C=O) groups excluding carboxylic acids is 1. The van der Waals surface area contributed by atoms with Crippen LogP contribution in [0.25, 0.3) is 11.3 Å². The lowest BCUT2D eigenvalue weighted by Crippen LogP contribution is -2.37. The molecule has 1 fully saturated rings. The maximum atomic E-state index is 12.1. The molecule has 1 aromatic carbocycles.